The number of carbonyl (C=O) groups excluding carboxylic acids is 2. The monoisotopic (exact) mass is 411 g/mol. The van der Waals surface area contributed by atoms with Gasteiger partial charge in [-0.2, -0.15) is 0 Å². The number of amides is 2. The molecular weight excluding hydrogens is 381 g/mol. The van der Waals surface area contributed by atoms with Crippen molar-refractivity contribution in [3.8, 4) is 0 Å². The first-order valence-electron chi connectivity index (χ1n) is 10.6. The van der Waals surface area contributed by atoms with Crippen LogP contribution in [0.25, 0.3) is 0 Å². The van der Waals surface area contributed by atoms with Gasteiger partial charge in [-0.1, -0.05) is 37.3 Å². The SMILES string of the molecule is CCC(C)NC(=O)c1ccccc1NC(=O)C1CCCN(Cc2ccccc2F)C1. The van der Waals surface area contributed by atoms with Gasteiger partial charge in [0.25, 0.3) is 5.91 Å². The summed E-state index contributed by atoms with van der Waals surface area (Å²) in [4.78, 5) is 27.6. The lowest BCUT2D eigenvalue weighted by Gasteiger charge is -2.32. The number of halogens is 1. The molecule has 0 bridgehead atoms. The molecule has 2 atom stereocenters. The topological polar surface area (TPSA) is 61.4 Å². The Balaban J connectivity index is 1.64. The van der Waals surface area contributed by atoms with E-state index < -0.39 is 0 Å². The lowest BCUT2D eigenvalue weighted by Crippen LogP contribution is -2.40. The second kappa shape index (κ2) is 10.3. The number of rotatable bonds is 7. The largest absolute Gasteiger partial charge is 0.350 e. The zero-order valence-electron chi connectivity index (χ0n) is 17.7. The molecule has 1 fully saturated rings. The van der Waals surface area contributed by atoms with Crippen molar-refractivity contribution in [2.24, 2.45) is 5.92 Å². The third-order valence-corrected chi connectivity index (χ3v) is 5.65. The van der Waals surface area contributed by atoms with Crippen LogP contribution in [0.4, 0.5) is 10.1 Å². The van der Waals surface area contributed by atoms with Crippen molar-refractivity contribution >= 4 is 17.5 Å². The maximum Gasteiger partial charge on any atom is 0.253 e. The quantitative estimate of drug-likeness (QED) is 0.718. The molecule has 1 saturated heterocycles. The molecule has 0 aromatic heterocycles. The molecule has 2 amide bonds. The van der Waals surface area contributed by atoms with Gasteiger partial charge < -0.3 is 10.6 Å². The van der Waals surface area contributed by atoms with Gasteiger partial charge in [-0.15, -0.1) is 0 Å². The van der Waals surface area contributed by atoms with E-state index in [1.807, 2.05) is 19.9 Å². The molecule has 1 aliphatic heterocycles. The Morgan fingerprint density at radius 2 is 1.90 bits per heavy atom. The van der Waals surface area contributed by atoms with Gasteiger partial charge in [0.15, 0.2) is 0 Å². The Morgan fingerprint density at radius 1 is 1.17 bits per heavy atom. The molecule has 0 saturated carbocycles. The molecule has 1 heterocycles. The number of anilines is 1. The van der Waals surface area contributed by atoms with Crippen LogP contribution in [0.3, 0.4) is 0 Å². The first-order chi connectivity index (χ1) is 14.5. The summed E-state index contributed by atoms with van der Waals surface area (Å²) < 4.78 is 14.0. The van der Waals surface area contributed by atoms with Crippen molar-refractivity contribution in [3.05, 3.63) is 65.5 Å². The summed E-state index contributed by atoms with van der Waals surface area (Å²) in [6.45, 7) is 5.86. The zero-order chi connectivity index (χ0) is 21.5. The van der Waals surface area contributed by atoms with E-state index in [1.165, 1.54) is 6.07 Å². The van der Waals surface area contributed by atoms with E-state index in [0.29, 0.717) is 29.9 Å². The summed E-state index contributed by atoms with van der Waals surface area (Å²) in [5.74, 6) is -0.705. The van der Waals surface area contributed by atoms with Crippen LogP contribution in [0.5, 0.6) is 0 Å². The third-order valence-electron chi connectivity index (χ3n) is 5.65. The van der Waals surface area contributed by atoms with Gasteiger partial charge in [0.2, 0.25) is 5.91 Å². The minimum atomic E-state index is -0.217. The van der Waals surface area contributed by atoms with E-state index >= 15 is 0 Å². The first-order valence-corrected chi connectivity index (χ1v) is 10.6. The Labute approximate surface area is 177 Å². The van der Waals surface area contributed by atoms with E-state index in [9.17, 15) is 14.0 Å². The van der Waals surface area contributed by atoms with Crippen LogP contribution in [0.1, 0.15) is 49.0 Å². The van der Waals surface area contributed by atoms with Gasteiger partial charge in [0.05, 0.1) is 17.2 Å². The summed E-state index contributed by atoms with van der Waals surface area (Å²) in [5, 5.41) is 5.89. The Morgan fingerprint density at radius 3 is 2.67 bits per heavy atom. The molecule has 2 aromatic rings. The molecular formula is C24H30FN3O2. The highest BCUT2D eigenvalue weighted by atomic mass is 19.1. The molecule has 2 unspecified atom stereocenters. The van der Waals surface area contributed by atoms with Gasteiger partial charge in [-0.05, 0) is 50.9 Å². The van der Waals surface area contributed by atoms with Crippen molar-refractivity contribution in [2.75, 3.05) is 18.4 Å². The third kappa shape index (κ3) is 5.66. The summed E-state index contributed by atoms with van der Waals surface area (Å²) in [7, 11) is 0. The molecule has 6 heteroatoms. The Hall–Kier alpha value is -2.73. The van der Waals surface area contributed by atoms with Gasteiger partial charge in [0, 0.05) is 24.7 Å². The molecule has 160 valence electrons. The average Bonchev–Trinajstić information content (AvgIpc) is 2.75. The lowest BCUT2D eigenvalue weighted by atomic mass is 9.96. The van der Waals surface area contributed by atoms with Crippen LogP contribution in [-0.2, 0) is 11.3 Å². The van der Waals surface area contributed by atoms with Gasteiger partial charge in [0.1, 0.15) is 5.82 Å². The second-order valence-electron chi connectivity index (χ2n) is 7.98. The lowest BCUT2D eigenvalue weighted by molar-refractivity contribution is -0.121. The van der Waals surface area contributed by atoms with E-state index in [1.54, 1.807) is 36.4 Å². The van der Waals surface area contributed by atoms with Gasteiger partial charge >= 0.3 is 0 Å². The molecule has 0 spiro atoms. The number of piperidine rings is 1. The average molecular weight is 412 g/mol. The fourth-order valence-electron chi connectivity index (χ4n) is 3.71. The molecule has 2 N–H and O–H groups in total. The first kappa shape index (κ1) is 22.0. The fraction of sp³-hybridized carbons (Fsp3) is 0.417. The summed E-state index contributed by atoms with van der Waals surface area (Å²) in [6, 6.07) is 13.9. The highest BCUT2D eigenvalue weighted by molar-refractivity contribution is 6.04. The second-order valence-corrected chi connectivity index (χ2v) is 7.98. The van der Waals surface area contributed by atoms with Crippen LogP contribution in [0, 0.1) is 11.7 Å². The summed E-state index contributed by atoms with van der Waals surface area (Å²) in [5.41, 5.74) is 1.63. The van der Waals surface area contributed by atoms with Crippen molar-refractivity contribution in [1.29, 1.82) is 0 Å². The number of nitrogens with one attached hydrogen (secondary N) is 2. The highest BCUT2D eigenvalue weighted by Crippen LogP contribution is 2.23. The van der Waals surface area contributed by atoms with Crippen LogP contribution in [0.15, 0.2) is 48.5 Å². The molecule has 2 aromatic carbocycles. The number of likely N-dealkylation sites (tertiary alicyclic amines) is 1. The number of hydrogen-bond acceptors (Lipinski definition) is 3. The van der Waals surface area contributed by atoms with Crippen LogP contribution < -0.4 is 10.6 Å². The molecule has 3 rings (SSSR count). The van der Waals surface area contributed by atoms with E-state index in [4.69, 9.17) is 0 Å². The molecule has 0 radical (unpaired) electrons. The van der Waals surface area contributed by atoms with Gasteiger partial charge in [-0.3, -0.25) is 14.5 Å². The number of hydrogen-bond donors (Lipinski definition) is 2. The minimum Gasteiger partial charge on any atom is -0.350 e. The van der Waals surface area contributed by atoms with Crippen molar-refractivity contribution < 1.29 is 14.0 Å². The molecule has 5 nitrogen and oxygen atoms in total. The van der Waals surface area contributed by atoms with Crippen LogP contribution in [-0.4, -0.2) is 35.8 Å². The van der Waals surface area contributed by atoms with Crippen LogP contribution >= 0.6 is 0 Å². The Bertz CT molecular complexity index is 886. The van der Waals surface area contributed by atoms with Crippen molar-refractivity contribution in [3.63, 3.8) is 0 Å². The number of benzene rings is 2. The maximum absolute atomic E-state index is 14.0. The smallest absolute Gasteiger partial charge is 0.253 e. The van der Waals surface area contributed by atoms with E-state index in [0.717, 1.165) is 25.8 Å². The standard InChI is InChI=1S/C24H30FN3O2/c1-3-17(2)26-24(30)20-11-5-7-13-22(20)27-23(29)19-10-8-14-28(16-19)15-18-9-4-6-12-21(18)25/h4-7,9,11-13,17,19H,3,8,10,14-16H2,1-2H3,(H,26,30)(H,27,29). The normalized spacial score (nSPS) is 17.9. The minimum absolute atomic E-state index is 0.0616. The highest BCUT2D eigenvalue weighted by Gasteiger charge is 2.27. The van der Waals surface area contributed by atoms with E-state index in [-0.39, 0.29) is 29.6 Å². The van der Waals surface area contributed by atoms with Crippen molar-refractivity contribution in [1.82, 2.24) is 10.2 Å². The fourth-order valence-corrected chi connectivity index (χ4v) is 3.71. The van der Waals surface area contributed by atoms with Crippen LogP contribution in [0.2, 0.25) is 0 Å². The predicted octanol–water partition coefficient (Wildman–Crippen LogP) is 4.20. The molecule has 1 aliphatic rings. The molecule has 0 aliphatic carbocycles. The molecule has 30 heavy (non-hydrogen) atoms. The predicted molar refractivity (Wildman–Crippen MR) is 117 cm³/mol. The van der Waals surface area contributed by atoms with Crippen molar-refractivity contribution in [2.45, 2.75) is 45.7 Å². The summed E-state index contributed by atoms with van der Waals surface area (Å²) >= 11 is 0. The number of carbonyl (C=O) groups is 2. The number of nitrogens with zero attached hydrogens (tertiary/aromatic N) is 1. The zero-order valence-corrected chi connectivity index (χ0v) is 17.7. The Kier molecular flexibility index (Phi) is 7.57. The van der Waals surface area contributed by atoms with E-state index in [2.05, 4.69) is 15.5 Å². The van der Waals surface area contributed by atoms with Gasteiger partial charge in [-0.25, -0.2) is 4.39 Å². The maximum atomic E-state index is 14.0. The summed E-state index contributed by atoms with van der Waals surface area (Å²) in [6.07, 6.45) is 2.49. The number of para-hydroxylation sites is 1.